The van der Waals surface area contributed by atoms with Gasteiger partial charge in [0.1, 0.15) is 0 Å². The molecule has 0 heterocycles. The van der Waals surface area contributed by atoms with Crippen molar-refractivity contribution in [3.05, 3.63) is 0 Å². The maximum atomic E-state index is 5.55. The molecule has 0 aromatic heterocycles. The number of ether oxygens (including phenoxy) is 1. The molecule has 1 saturated carbocycles. The topological polar surface area (TPSA) is 9.23 Å². The Hall–Kier alpha value is -0.0400. The van der Waals surface area contributed by atoms with Crippen LogP contribution in [0.15, 0.2) is 0 Å². The molecule has 1 rings (SSSR count). The second kappa shape index (κ2) is 4.86. The standard InChI is InChI=1S/C11H22O/c1-9(2)11(12-3)10-7-5-4-6-8-10/h9-11H,4-8H2,1-3H3. The summed E-state index contributed by atoms with van der Waals surface area (Å²) in [6, 6.07) is 0. The predicted molar refractivity (Wildman–Crippen MR) is 52.2 cm³/mol. The Morgan fingerprint density at radius 1 is 1.08 bits per heavy atom. The van der Waals surface area contributed by atoms with Crippen LogP contribution in [0.4, 0.5) is 0 Å². The summed E-state index contributed by atoms with van der Waals surface area (Å²) in [4.78, 5) is 0. The van der Waals surface area contributed by atoms with Crippen LogP contribution in [0.5, 0.6) is 0 Å². The SMILES string of the molecule is COC(C(C)C)C1CCCCC1. The van der Waals surface area contributed by atoms with E-state index in [-0.39, 0.29) is 0 Å². The highest BCUT2D eigenvalue weighted by Gasteiger charge is 2.25. The molecule has 0 saturated heterocycles. The van der Waals surface area contributed by atoms with Gasteiger partial charge in [-0.2, -0.15) is 0 Å². The molecular formula is C11H22O. The molecule has 12 heavy (non-hydrogen) atoms. The van der Waals surface area contributed by atoms with Crippen LogP contribution >= 0.6 is 0 Å². The van der Waals surface area contributed by atoms with Gasteiger partial charge in [0.15, 0.2) is 0 Å². The largest absolute Gasteiger partial charge is 0.381 e. The lowest BCUT2D eigenvalue weighted by Gasteiger charge is -2.31. The molecule has 1 nitrogen and oxygen atoms in total. The zero-order chi connectivity index (χ0) is 8.97. The Balaban J connectivity index is 2.40. The molecule has 0 radical (unpaired) electrons. The van der Waals surface area contributed by atoms with Crippen LogP contribution in [0.1, 0.15) is 46.0 Å². The molecule has 1 fully saturated rings. The molecule has 1 aliphatic carbocycles. The van der Waals surface area contributed by atoms with Crippen LogP contribution in [0.2, 0.25) is 0 Å². The number of rotatable bonds is 3. The van der Waals surface area contributed by atoms with Crippen LogP contribution in [-0.2, 0) is 4.74 Å². The Bertz CT molecular complexity index is 114. The lowest BCUT2D eigenvalue weighted by molar-refractivity contribution is 0.00393. The third-order valence-electron chi connectivity index (χ3n) is 3.04. The van der Waals surface area contributed by atoms with Crippen LogP contribution in [-0.4, -0.2) is 13.2 Å². The van der Waals surface area contributed by atoms with Gasteiger partial charge in [0.05, 0.1) is 6.10 Å². The van der Waals surface area contributed by atoms with Crippen LogP contribution in [0.3, 0.4) is 0 Å². The minimum atomic E-state index is 0.505. The van der Waals surface area contributed by atoms with E-state index in [0.717, 1.165) is 5.92 Å². The van der Waals surface area contributed by atoms with Crippen molar-refractivity contribution in [2.75, 3.05) is 7.11 Å². The minimum Gasteiger partial charge on any atom is -0.381 e. The van der Waals surface area contributed by atoms with Crippen molar-refractivity contribution in [3.8, 4) is 0 Å². The molecule has 0 spiro atoms. The van der Waals surface area contributed by atoms with Crippen LogP contribution in [0, 0.1) is 11.8 Å². The van der Waals surface area contributed by atoms with Gasteiger partial charge in [-0.05, 0) is 24.7 Å². The Kier molecular flexibility index (Phi) is 4.07. The molecule has 0 bridgehead atoms. The van der Waals surface area contributed by atoms with Gasteiger partial charge in [0, 0.05) is 7.11 Å². The third-order valence-corrected chi connectivity index (χ3v) is 3.04. The second-order valence-corrected chi connectivity index (χ2v) is 4.34. The Morgan fingerprint density at radius 2 is 1.67 bits per heavy atom. The quantitative estimate of drug-likeness (QED) is 0.632. The summed E-state index contributed by atoms with van der Waals surface area (Å²) in [7, 11) is 1.86. The van der Waals surface area contributed by atoms with Gasteiger partial charge in [-0.25, -0.2) is 0 Å². The molecule has 0 aromatic carbocycles. The molecule has 0 N–H and O–H groups in total. The summed E-state index contributed by atoms with van der Waals surface area (Å²) in [6.45, 7) is 4.53. The molecule has 1 heteroatoms. The van der Waals surface area contributed by atoms with Crippen molar-refractivity contribution in [2.24, 2.45) is 11.8 Å². The average Bonchev–Trinajstić information content (AvgIpc) is 2.07. The van der Waals surface area contributed by atoms with E-state index in [1.54, 1.807) is 0 Å². The first kappa shape index (κ1) is 10.0. The lowest BCUT2D eigenvalue weighted by atomic mass is 9.81. The first-order valence-corrected chi connectivity index (χ1v) is 5.28. The fourth-order valence-electron chi connectivity index (χ4n) is 2.47. The van der Waals surface area contributed by atoms with Crippen molar-refractivity contribution in [3.63, 3.8) is 0 Å². The van der Waals surface area contributed by atoms with Crippen molar-refractivity contribution in [1.29, 1.82) is 0 Å². The van der Waals surface area contributed by atoms with Crippen LogP contribution < -0.4 is 0 Å². The predicted octanol–water partition coefficient (Wildman–Crippen LogP) is 3.24. The number of hydrogen-bond acceptors (Lipinski definition) is 1. The van der Waals surface area contributed by atoms with E-state index in [1.165, 1.54) is 32.1 Å². The average molecular weight is 170 g/mol. The van der Waals surface area contributed by atoms with E-state index in [9.17, 15) is 0 Å². The summed E-state index contributed by atoms with van der Waals surface area (Å²) < 4.78 is 5.55. The smallest absolute Gasteiger partial charge is 0.0622 e. The van der Waals surface area contributed by atoms with Gasteiger partial charge < -0.3 is 4.74 Å². The summed E-state index contributed by atoms with van der Waals surface area (Å²) in [5.74, 6) is 1.52. The van der Waals surface area contributed by atoms with E-state index in [4.69, 9.17) is 4.74 Å². The maximum absolute atomic E-state index is 5.55. The Labute approximate surface area is 76.5 Å². The fourth-order valence-corrected chi connectivity index (χ4v) is 2.47. The van der Waals surface area contributed by atoms with E-state index in [1.807, 2.05) is 7.11 Å². The molecule has 0 aromatic rings. The van der Waals surface area contributed by atoms with Crippen LogP contribution in [0.25, 0.3) is 0 Å². The molecular weight excluding hydrogens is 148 g/mol. The molecule has 0 aliphatic heterocycles. The van der Waals surface area contributed by atoms with Crippen molar-refractivity contribution < 1.29 is 4.74 Å². The highest BCUT2D eigenvalue weighted by molar-refractivity contribution is 4.76. The van der Waals surface area contributed by atoms with Gasteiger partial charge in [0.25, 0.3) is 0 Å². The third kappa shape index (κ3) is 2.48. The highest BCUT2D eigenvalue weighted by atomic mass is 16.5. The summed E-state index contributed by atoms with van der Waals surface area (Å²) in [5.41, 5.74) is 0. The fraction of sp³-hybridized carbons (Fsp3) is 1.00. The molecule has 1 atom stereocenters. The summed E-state index contributed by atoms with van der Waals surface area (Å²) in [6.07, 6.45) is 7.54. The first-order chi connectivity index (χ1) is 5.75. The van der Waals surface area contributed by atoms with Gasteiger partial charge in [-0.1, -0.05) is 33.1 Å². The lowest BCUT2D eigenvalue weighted by Crippen LogP contribution is -2.29. The highest BCUT2D eigenvalue weighted by Crippen LogP contribution is 2.30. The van der Waals surface area contributed by atoms with Gasteiger partial charge in [0.2, 0.25) is 0 Å². The Morgan fingerprint density at radius 3 is 2.08 bits per heavy atom. The zero-order valence-corrected chi connectivity index (χ0v) is 8.68. The van der Waals surface area contributed by atoms with E-state index >= 15 is 0 Å². The van der Waals surface area contributed by atoms with E-state index < -0.39 is 0 Å². The normalized spacial score (nSPS) is 23.0. The van der Waals surface area contributed by atoms with Gasteiger partial charge in [-0.3, -0.25) is 0 Å². The molecule has 1 unspecified atom stereocenters. The van der Waals surface area contributed by atoms with Crippen molar-refractivity contribution >= 4 is 0 Å². The summed E-state index contributed by atoms with van der Waals surface area (Å²) >= 11 is 0. The summed E-state index contributed by atoms with van der Waals surface area (Å²) in [5, 5.41) is 0. The van der Waals surface area contributed by atoms with Gasteiger partial charge in [-0.15, -0.1) is 0 Å². The van der Waals surface area contributed by atoms with E-state index in [2.05, 4.69) is 13.8 Å². The number of hydrogen-bond donors (Lipinski definition) is 0. The second-order valence-electron chi connectivity index (χ2n) is 4.34. The number of methoxy groups -OCH3 is 1. The van der Waals surface area contributed by atoms with E-state index in [0.29, 0.717) is 12.0 Å². The monoisotopic (exact) mass is 170 g/mol. The van der Waals surface area contributed by atoms with Gasteiger partial charge >= 0.3 is 0 Å². The molecule has 72 valence electrons. The first-order valence-electron chi connectivity index (χ1n) is 5.28. The molecule has 0 amide bonds. The van der Waals surface area contributed by atoms with Crippen molar-refractivity contribution in [1.82, 2.24) is 0 Å². The van der Waals surface area contributed by atoms with Crippen molar-refractivity contribution in [2.45, 2.75) is 52.1 Å². The molecule has 1 aliphatic rings. The zero-order valence-electron chi connectivity index (χ0n) is 8.68. The maximum Gasteiger partial charge on any atom is 0.0622 e. The minimum absolute atomic E-state index is 0.505.